The molecule has 5 nitrogen and oxygen atoms in total. The van der Waals surface area contributed by atoms with Crippen LogP contribution in [-0.2, 0) is 6.54 Å². The molecule has 1 aromatic heterocycles. The van der Waals surface area contributed by atoms with Crippen LogP contribution in [0, 0.1) is 0 Å². The van der Waals surface area contributed by atoms with E-state index in [2.05, 4.69) is 10.6 Å². The zero-order valence-electron chi connectivity index (χ0n) is 15.2. The smallest absolute Gasteiger partial charge is 0.287 e. The van der Waals surface area contributed by atoms with Crippen LogP contribution in [0.5, 0.6) is 0 Å². The molecule has 2 N–H and O–H groups in total. The van der Waals surface area contributed by atoms with Gasteiger partial charge >= 0.3 is 0 Å². The van der Waals surface area contributed by atoms with E-state index in [-0.39, 0.29) is 23.6 Å². The highest BCUT2D eigenvalue weighted by atomic mass is 35.5. The Bertz CT molecular complexity index is 980. The Morgan fingerprint density at radius 3 is 2.70 bits per heavy atom. The number of furan rings is 1. The highest BCUT2D eigenvalue weighted by Crippen LogP contribution is 2.23. The summed E-state index contributed by atoms with van der Waals surface area (Å²) >= 11 is 5.95. The maximum absolute atomic E-state index is 12.4. The molecule has 2 amide bonds. The Kier molecular flexibility index (Phi) is 5.81. The first-order chi connectivity index (χ1) is 13.0. The predicted octanol–water partition coefficient (Wildman–Crippen LogP) is 4.54. The van der Waals surface area contributed by atoms with Gasteiger partial charge in [0.1, 0.15) is 5.58 Å². The van der Waals surface area contributed by atoms with Crippen molar-refractivity contribution in [2.75, 3.05) is 0 Å². The molecule has 0 saturated heterocycles. The first kappa shape index (κ1) is 19.0. The molecule has 2 aromatic carbocycles. The third-order valence-electron chi connectivity index (χ3n) is 4.33. The lowest BCUT2D eigenvalue weighted by Gasteiger charge is -2.12. The summed E-state index contributed by atoms with van der Waals surface area (Å²) in [7, 11) is 0. The second kappa shape index (κ2) is 8.27. The molecule has 27 heavy (non-hydrogen) atoms. The summed E-state index contributed by atoms with van der Waals surface area (Å²) in [4.78, 5) is 24.6. The largest absolute Gasteiger partial charge is 0.451 e. The molecule has 1 unspecified atom stereocenters. The molecule has 0 aliphatic heterocycles. The number of hydrogen-bond acceptors (Lipinski definition) is 3. The van der Waals surface area contributed by atoms with E-state index in [0.29, 0.717) is 22.7 Å². The summed E-state index contributed by atoms with van der Waals surface area (Å²) in [6.45, 7) is 4.27. The number of hydrogen-bond donors (Lipinski definition) is 2. The van der Waals surface area contributed by atoms with Crippen molar-refractivity contribution in [2.24, 2.45) is 0 Å². The van der Waals surface area contributed by atoms with Crippen molar-refractivity contribution in [3.05, 3.63) is 70.4 Å². The van der Waals surface area contributed by atoms with Crippen LogP contribution < -0.4 is 10.6 Å². The molecule has 1 atom stereocenters. The lowest BCUT2D eigenvalue weighted by atomic mass is 10.1. The molecule has 3 rings (SSSR count). The number of benzene rings is 2. The van der Waals surface area contributed by atoms with E-state index in [4.69, 9.17) is 16.0 Å². The molecule has 0 aliphatic rings. The summed E-state index contributed by atoms with van der Waals surface area (Å²) in [6.07, 6.45) is 0.865. The number of amides is 2. The van der Waals surface area contributed by atoms with Gasteiger partial charge in [-0.2, -0.15) is 0 Å². The van der Waals surface area contributed by atoms with Gasteiger partial charge in [-0.25, -0.2) is 0 Å². The van der Waals surface area contributed by atoms with E-state index in [1.807, 2.05) is 19.9 Å². The normalized spacial score (nSPS) is 12.0. The van der Waals surface area contributed by atoms with E-state index in [9.17, 15) is 9.59 Å². The fourth-order valence-electron chi connectivity index (χ4n) is 2.63. The quantitative estimate of drug-likeness (QED) is 0.655. The summed E-state index contributed by atoms with van der Waals surface area (Å²) in [5, 5.41) is 7.10. The topological polar surface area (TPSA) is 71.3 Å². The van der Waals surface area contributed by atoms with Gasteiger partial charge in [-0.15, -0.1) is 0 Å². The average molecular weight is 385 g/mol. The summed E-state index contributed by atoms with van der Waals surface area (Å²) in [5.41, 5.74) is 2.01. The highest BCUT2D eigenvalue weighted by molar-refractivity contribution is 6.31. The third-order valence-corrected chi connectivity index (χ3v) is 4.57. The first-order valence-electron chi connectivity index (χ1n) is 8.83. The van der Waals surface area contributed by atoms with Crippen LogP contribution in [0.25, 0.3) is 11.0 Å². The van der Waals surface area contributed by atoms with Crippen molar-refractivity contribution in [3.63, 3.8) is 0 Å². The molecule has 0 fully saturated rings. The van der Waals surface area contributed by atoms with E-state index < -0.39 is 0 Å². The monoisotopic (exact) mass is 384 g/mol. The minimum atomic E-state index is -0.322. The van der Waals surface area contributed by atoms with E-state index in [0.717, 1.165) is 17.4 Å². The maximum Gasteiger partial charge on any atom is 0.287 e. The summed E-state index contributed by atoms with van der Waals surface area (Å²) < 4.78 is 5.56. The Balaban J connectivity index is 1.66. The number of fused-ring (bicyclic) bond motifs is 1. The van der Waals surface area contributed by atoms with Crippen LogP contribution in [-0.4, -0.2) is 17.9 Å². The zero-order chi connectivity index (χ0) is 19.4. The summed E-state index contributed by atoms with van der Waals surface area (Å²) in [5.74, 6) is -0.221. The van der Waals surface area contributed by atoms with Crippen LogP contribution in [0.1, 0.15) is 46.7 Å². The zero-order valence-corrected chi connectivity index (χ0v) is 16.0. The number of carbonyl (C=O) groups is 2. The second-order valence-electron chi connectivity index (χ2n) is 6.46. The molecule has 0 spiro atoms. The van der Waals surface area contributed by atoms with Gasteiger partial charge in [0.25, 0.3) is 11.8 Å². The lowest BCUT2D eigenvalue weighted by molar-refractivity contribution is 0.0923. The first-order valence-corrected chi connectivity index (χ1v) is 9.21. The van der Waals surface area contributed by atoms with E-state index in [1.54, 1.807) is 42.5 Å². The van der Waals surface area contributed by atoms with Crippen LogP contribution in [0.4, 0.5) is 0 Å². The molecular formula is C21H21ClN2O3. The van der Waals surface area contributed by atoms with Gasteiger partial charge in [-0.1, -0.05) is 30.7 Å². The molecule has 3 aromatic rings. The van der Waals surface area contributed by atoms with E-state index in [1.165, 1.54) is 0 Å². The van der Waals surface area contributed by atoms with Crippen molar-refractivity contribution in [3.8, 4) is 0 Å². The van der Waals surface area contributed by atoms with Crippen molar-refractivity contribution in [2.45, 2.75) is 32.9 Å². The molecule has 1 heterocycles. The summed E-state index contributed by atoms with van der Waals surface area (Å²) in [6, 6.07) is 14.2. The fraction of sp³-hybridized carbons (Fsp3) is 0.238. The SMILES string of the molecule is CCC(C)NC(=O)c1cccc(CNC(=O)c2cc3cc(Cl)ccc3o2)c1. The van der Waals surface area contributed by atoms with Crippen molar-refractivity contribution in [1.82, 2.24) is 10.6 Å². The average Bonchev–Trinajstić information content (AvgIpc) is 3.09. The molecular weight excluding hydrogens is 364 g/mol. The van der Waals surface area contributed by atoms with Gasteiger partial charge in [-0.05, 0) is 55.3 Å². The number of rotatable bonds is 6. The molecule has 6 heteroatoms. The van der Waals surface area contributed by atoms with Crippen LogP contribution >= 0.6 is 11.6 Å². The van der Waals surface area contributed by atoms with Gasteiger partial charge in [0.05, 0.1) is 0 Å². The second-order valence-corrected chi connectivity index (χ2v) is 6.90. The van der Waals surface area contributed by atoms with Crippen molar-refractivity contribution >= 4 is 34.4 Å². The fourth-order valence-corrected chi connectivity index (χ4v) is 2.81. The van der Waals surface area contributed by atoms with E-state index >= 15 is 0 Å². The molecule has 0 bridgehead atoms. The van der Waals surface area contributed by atoms with Gasteiger partial charge in [0.2, 0.25) is 0 Å². The standard InChI is InChI=1S/C21H21ClN2O3/c1-3-13(2)24-20(25)15-6-4-5-14(9-15)12-23-21(26)19-11-16-10-17(22)7-8-18(16)27-19/h4-11,13H,3,12H2,1-2H3,(H,23,26)(H,24,25). The van der Waals surface area contributed by atoms with Gasteiger partial charge < -0.3 is 15.1 Å². The predicted molar refractivity (Wildman–Crippen MR) is 106 cm³/mol. The molecule has 0 radical (unpaired) electrons. The maximum atomic E-state index is 12.4. The molecule has 0 aliphatic carbocycles. The minimum Gasteiger partial charge on any atom is -0.451 e. The number of nitrogens with one attached hydrogen (secondary N) is 2. The minimum absolute atomic E-state index is 0.113. The molecule has 140 valence electrons. The number of halogens is 1. The van der Waals surface area contributed by atoms with Gasteiger partial charge in [-0.3, -0.25) is 9.59 Å². The molecule has 0 saturated carbocycles. The Morgan fingerprint density at radius 2 is 1.93 bits per heavy atom. The Morgan fingerprint density at radius 1 is 1.11 bits per heavy atom. The highest BCUT2D eigenvalue weighted by Gasteiger charge is 2.13. The van der Waals surface area contributed by atoms with Crippen LogP contribution in [0.15, 0.2) is 52.9 Å². The third kappa shape index (κ3) is 4.68. The van der Waals surface area contributed by atoms with Crippen molar-refractivity contribution < 1.29 is 14.0 Å². The van der Waals surface area contributed by atoms with Gasteiger partial charge in [0, 0.05) is 28.6 Å². The van der Waals surface area contributed by atoms with Crippen LogP contribution in [0.2, 0.25) is 5.02 Å². The lowest BCUT2D eigenvalue weighted by Crippen LogP contribution is -2.32. The van der Waals surface area contributed by atoms with Crippen LogP contribution in [0.3, 0.4) is 0 Å². The van der Waals surface area contributed by atoms with Gasteiger partial charge in [0.15, 0.2) is 5.76 Å². The Hall–Kier alpha value is -2.79. The Labute approximate surface area is 162 Å². The van der Waals surface area contributed by atoms with Crippen molar-refractivity contribution in [1.29, 1.82) is 0 Å². The number of carbonyl (C=O) groups excluding carboxylic acids is 2.